The van der Waals surface area contributed by atoms with Crippen molar-refractivity contribution in [3.8, 4) is 5.75 Å². The molecule has 0 N–H and O–H groups in total. The molecule has 1 aliphatic heterocycles. The van der Waals surface area contributed by atoms with Crippen LogP contribution in [0.3, 0.4) is 0 Å². The van der Waals surface area contributed by atoms with E-state index < -0.39 is 0 Å². The number of amidine groups is 1. The highest BCUT2D eigenvalue weighted by molar-refractivity contribution is 8.18. The molecule has 146 valence electrons. The van der Waals surface area contributed by atoms with Crippen LogP contribution in [0.1, 0.15) is 31.9 Å². The lowest BCUT2D eigenvalue weighted by molar-refractivity contribution is -0.122. The van der Waals surface area contributed by atoms with Crippen molar-refractivity contribution in [1.82, 2.24) is 4.90 Å². The Bertz CT molecular complexity index is 940. The predicted octanol–water partition coefficient (Wildman–Crippen LogP) is 5.93. The van der Waals surface area contributed by atoms with E-state index in [9.17, 15) is 4.79 Å². The van der Waals surface area contributed by atoms with Crippen LogP contribution < -0.4 is 4.74 Å². The van der Waals surface area contributed by atoms with E-state index in [4.69, 9.17) is 21.3 Å². The summed E-state index contributed by atoms with van der Waals surface area (Å²) in [5.74, 6) is 0.653. The number of carbonyl (C=O) groups excluding carboxylic acids is 1. The highest BCUT2D eigenvalue weighted by Crippen LogP contribution is 2.36. The van der Waals surface area contributed by atoms with Crippen LogP contribution in [0.2, 0.25) is 5.02 Å². The molecule has 6 heteroatoms. The van der Waals surface area contributed by atoms with E-state index in [-0.39, 0.29) is 5.91 Å². The summed E-state index contributed by atoms with van der Waals surface area (Å²) in [6, 6.07) is 13.4. The molecule has 2 aromatic rings. The molecule has 3 rings (SSSR count). The number of rotatable bonds is 6. The Morgan fingerprint density at radius 3 is 2.68 bits per heavy atom. The Morgan fingerprint density at radius 1 is 1.18 bits per heavy atom. The summed E-state index contributed by atoms with van der Waals surface area (Å²) >= 11 is 7.54. The van der Waals surface area contributed by atoms with Crippen molar-refractivity contribution in [1.29, 1.82) is 0 Å². The van der Waals surface area contributed by atoms with E-state index in [1.807, 2.05) is 50.3 Å². The summed E-state index contributed by atoms with van der Waals surface area (Å²) in [4.78, 5) is 20.0. The number of hydrogen-bond acceptors (Lipinski definition) is 4. The molecule has 0 bridgehead atoms. The van der Waals surface area contributed by atoms with E-state index in [0.29, 0.717) is 34.0 Å². The van der Waals surface area contributed by atoms with Crippen molar-refractivity contribution < 1.29 is 9.53 Å². The summed E-state index contributed by atoms with van der Waals surface area (Å²) in [6.07, 6.45) is 2.72. The topological polar surface area (TPSA) is 41.9 Å². The molecular weight excluding hydrogens is 392 g/mol. The standard InChI is InChI=1S/C22H23ClN2O2S/c1-4-15-9-7-8-10-18(15)24-22-25(5-2)21(26)20(28-22)14-16-13-17(23)11-12-19(16)27-6-3/h7-14H,4-6H2,1-3H3/b20-14+,24-22?. The van der Waals surface area contributed by atoms with Gasteiger partial charge in [0.05, 0.1) is 17.2 Å². The number of aliphatic imine (C=N–C) groups is 1. The minimum atomic E-state index is -0.0531. The molecule has 0 aliphatic carbocycles. The Balaban J connectivity index is 1.99. The van der Waals surface area contributed by atoms with E-state index >= 15 is 0 Å². The Labute approximate surface area is 175 Å². The van der Waals surface area contributed by atoms with Gasteiger partial charge in [-0.2, -0.15) is 0 Å². The molecule has 1 saturated heterocycles. The van der Waals surface area contributed by atoms with Crippen molar-refractivity contribution >= 4 is 46.2 Å². The molecule has 0 aromatic heterocycles. The van der Waals surface area contributed by atoms with Crippen LogP contribution in [-0.4, -0.2) is 29.1 Å². The largest absolute Gasteiger partial charge is 0.493 e. The fourth-order valence-electron chi connectivity index (χ4n) is 2.95. The molecule has 1 amide bonds. The van der Waals surface area contributed by atoms with Crippen LogP contribution in [0.5, 0.6) is 5.75 Å². The molecule has 0 atom stereocenters. The van der Waals surface area contributed by atoms with E-state index in [2.05, 4.69) is 13.0 Å². The van der Waals surface area contributed by atoms with Crippen LogP contribution >= 0.6 is 23.4 Å². The maximum atomic E-state index is 12.9. The number of ether oxygens (including phenoxy) is 1. The molecule has 1 fully saturated rings. The maximum Gasteiger partial charge on any atom is 0.266 e. The minimum absolute atomic E-state index is 0.0531. The number of hydrogen-bond donors (Lipinski definition) is 0. The maximum absolute atomic E-state index is 12.9. The van der Waals surface area contributed by atoms with E-state index in [1.165, 1.54) is 11.8 Å². The fraction of sp³-hybridized carbons (Fsp3) is 0.273. The Kier molecular flexibility index (Phi) is 6.81. The van der Waals surface area contributed by atoms with Gasteiger partial charge >= 0.3 is 0 Å². The smallest absolute Gasteiger partial charge is 0.266 e. The summed E-state index contributed by atoms with van der Waals surface area (Å²) in [7, 11) is 0. The molecule has 0 saturated carbocycles. The number of benzene rings is 2. The molecule has 4 nitrogen and oxygen atoms in total. The second-order valence-corrected chi connectivity index (χ2v) is 7.60. The summed E-state index contributed by atoms with van der Waals surface area (Å²) in [5.41, 5.74) is 2.85. The molecular formula is C22H23ClN2O2S. The molecule has 0 radical (unpaired) electrons. The van der Waals surface area contributed by atoms with Crippen molar-refractivity contribution in [2.75, 3.05) is 13.2 Å². The van der Waals surface area contributed by atoms with Gasteiger partial charge in [0.2, 0.25) is 0 Å². The first-order valence-corrected chi connectivity index (χ1v) is 10.6. The van der Waals surface area contributed by atoms with E-state index in [1.54, 1.807) is 11.0 Å². The second kappa shape index (κ2) is 9.30. The van der Waals surface area contributed by atoms with Gasteiger partial charge in [0.15, 0.2) is 5.17 Å². The Hall–Kier alpha value is -2.24. The quantitative estimate of drug-likeness (QED) is 0.550. The number of halogens is 1. The summed E-state index contributed by atoms with van der Waals surface area (Å²) < 4.78 is 5.68. The third kappa shape index (κ3) is 4.42. The van der Waals surface area contributed by atoms with Crippen LogP contribution in [-0.2, 0) is 11.2 Å². The third-order valence-corrected chi connectivity index (χ3v) is 5.59. The van der Waals surface area contributed by atoms with Crippen molar-refractivity contribution in [3.63, 3.8) is 0 Å². The van der Waals surface area contributed by atoms with Gasteiger partial charge in [0.25, 0.3) is 5.91 Å². The molecule has 1 heterocycles. The molecule has 1 aliphatic rings. The average molecular weight is 415 g/mol. The predicted molar refractivity (Wildman–Crippen MR) is 118 cm³/mol. The fourth-order valence-corrected chi connectivity index (χ4v) is 4.18. The monoisotopic (exact) mass is 414 g/mol. The van der Waals surface area contributed by atoms with Gasteiger partial charge in [-0.15, -0.1) is 0 Å². The number of nitrogens with zero attached hydrogens (tertiary/aromatic N) is 2. The van der Waals surface area contributed by atoms with Gasteiger partial charge in [-0.1, -0.05) is 36.7 Å². The SMILES string of the molecule is CCOc1ccc(Cl)cc1/C=C1/SC(=Nc2ccccc2CC)N(CC)C1=O. The molecule has 0 unspecified atom stereocenters. The van der Waals surface area contributed by atoms with Crippen molar-refractivity contribution in [2.24, 2.45) is 4.99 Å². The first-order valence-electron chi connectivity index (χ1n) is 9.37. The Morgan fingerprint density at radius 2 is 1.96 bits per heavy atom. The molecule has 2 aromatic carbocycles. The normalized spacial score (nSPS) is 17.0. The van der Waals surface area contributed by atoms with Crippen molar-refractivity contribution in [2.45, 2.75) is 27.2 Å². The lowest BCUT2D eigenvalue weighted by Crippen LogP contribution is -2.28. The van der Waals surface area contributed by atoms with Gasteiger partial charge in [-0.05, 0) is 67.9 Å². The highest BCUT2D eigenvalue weighted by Gasteiger charge is 2.32. The number of amides is 1. The van der Waals surface area contributed by atoms with Crippen molar-refractivity contribution in [3.05, 3.63) is 63.5 Å². The van der Waals surface area contributed by atoms with Gasteiger partial charge in [0.1, 0.15) is 5.75 Å². The van der Waals surface area contributed by atoms with Gasteiger partial charge in [-0.25, -0.2) is 4.99 Å². The zero-order chi connectivity index (χ0) is 20.1. The lowest BCUT2D eigenvalue weighted by atomic mass is 10.1. The number of thioether (sulfide) groups is 1. The average Bonchev–Trinajstić information content (AvgIpc) is 2.98. The lowest BCUT2D eigenvalue weighted by Gasteiger charge is -2.13. The van der Waals surface area contributed by atoms with E-state index in [0.717, 1.165) is 23.2 Å². The highest BCUT2D eigenvalue weighted by atomic mass is 35.5. The first kappa shape index (κ1) is 20.5. The molecule has 0 spiro atoms. The number of para-hydroxylation sites is 1. The van der Waals surface area contributed by atoms with Crippen LogP contribution in [0.25, 0.3) is 6.08 Å². The third-order valence-electron chi connectivity index (χ3n) is 4.35. The second-order valence-electron chi connectivity index (χ2n) is 6.15. The number of aryl methyl sites for hydroxylation is 1. The number of carbonyl (C=O) groups is 1. The van der Waals surface area contributed by atoms with Crippen LogP contribution in [0.4, 0.5) is 5.69 Å². The number of likely N-dealkylation sites (N-methyl/N-ethyl adjacent to an activating group) is 1. The summed E-state index contributed by atoms with van der Waals surface area (Å²) in [5, 5.41) is 1.29. The van der Waals surface area contributed by atoms with Crippen LogP contribution in [0, 0.1) is 0 Å². The zero-order valence-electron chi connectivity index (χ0n) is 16.2. The minimum Gasteiger partial charge on any atom is -0.493 e. The summed E-state index contributed by atoms with van der Waals surface area (Å²) in [6.45, 7) is 7.08. The molecule has 28 heavy (non-hydrogen) atoms. The van der Waals surface area contributed by atoms with Crippen LogP contribution in [0.15, 0.2) is 52.4 Å². The van der Waals surface area contributed by atoms with Gasteiger partial charge in [0, 0.05) is 17.1 Å². The zero-order valence-corrected chi connectivity index (χ0v) is 17.8. The first-order chi connectivity index (χ1) is 13.6. The van der Waals surface area contributed by atoms with Gasteiger partial charge in [-0.3, -0.25) is 9.69 Å². The van der Waals surface area contributed by atoms with Gasteiger partial charge < -0.3 is 4.74 Å².